The standard InChI is InChI=1S/C20H28O3/c1-13-6-7-16-19(2,3)8-5-9-20(16,4)18(13)15-10-14(12-21)11-17(22)23-15/h10,12,15-16,18H,1,5-9,11H2,2-4H3/t15-,16-,18+,20-/m0/s1. The van der Waals surface area contributed by atoms with Gasteiger partial charge in [0, 0.05) is 11.5 Å². The summed E-state index contributed by atoms with van der Waals surface area (Å²) in [5.74, 6) is 0.446. The average Bonchev–Trinajstić information content (AvgIpc) is 2.45. The van der Waals surface area contributed by atoms with Crippen molar-refractivity contribution < 1.29 is 14.3 Å². The van der Waals surface area contributed by atoms with Crippen molar-refractivity contribution in [3.63, 3.8) is 0 Å². The van der Waals surface area contributed by atoms with E-state index in [1.807, 2.05) is 6.08 Å². The minimum atomic E-state index is -0.328. The van der Waals surface area contributed by atoms with Gasteiger partial charge in [-0.25, -0.2) is 0 Å². The Morgan fingerprint density at radius 3 is 2.74 bits per heavy atom. The van der Waals surface area contributed by atoms with Crippen molar-refractivity contribution in [1.29, 1.82) is 0 Å². The number of ether oxygens (including phenoxy) is 1. The highest BCUT2D eigenvalue weighted by molar-refractivity contribution is 5.86. The molecule has 0 radical (unpaired) electrons. The second kappa shape index (κ2) is 5.61. The summed E-state index contributed by atoms with van der Waals surface area (Å²) in [6, 6.07) is 0. The van der Waals surface area contributed by atoms with Crippen LogP contribution in [0.3, 0.4) is 0 Å². The molecule has 2 fully saturated rings. The van der Waals surface area contributed by atoms with Gasteiger partial charge in [-0.15, -0.1) is 0 Å². The first kappa shape index (κ1) is 16.5. The van der Waals surface area contributed by atoms with Crippen LogP contribution in [0.15, 0.2) is 23.8 Å². The summed E-state index contributed by atoms with van der Waals surface area (Å²) >= 11 is 0. The molecule has 3 aliphatic rings. The minimum Gasteiger partial charge on any atom is -0.457 e. The third-order valence-corrected chi connectivity index (χ3v) is 6.65. The highest BCUT2D eigenvalue weighted by Crippen LogP contribution is 2.62. The predicted molar refractivity (Wildman–Crippen MR) is 89.7 cm³/mol. The molecule has 3 rings (SSSR count). The van der Waals surface area contributed by atoms with Crippen molar-refractivity contribution in [2.75, 3.05) is 0 Å². The molecular weight excluding hydrogens is 288 g/mol. The Morgan fingerprint density at radius 2 is 2.04 bits per heavy atom. The molecule has 0 amide bonds. The molecule has 0 aromatic heterocycles. The van der Waals surface area contributed by atoms with Crippen LogP contribution in [0.1, 0.15) is 59.3 Å². The van der Waals surface area contributed by atoms with Crippen molar-refractivity contribution in [2.24, 2.45) is 22.7 Å². The van der Waals surface area contributed by atoms with Crippen LogP contribution in [-0.2, 0) is 14.3 Å². The number of carbonyl (C=O) groups excluding carboxylic acids is 2. The quantitative estimate of drug-likeness (QED) is 0.435. The molecule has 0 spiro atoms. The van der Waals surface area contributed by atoms with Crippen LogP contribution in [0.5, 0.6) is 0 Å². The lowest BCUT2D eigenvalue weighted by Crippen LogP contribution is -2.53. The molecule has 1 aliphatic heterocycles. The normalized spacial score (nSPS) is 40.0. The molecule has 0 saturated heterocycles. The van der Waals surface area contributed by atoms with E-state index < -0.39 is 0 Å². The maximum atomic E-state index is 11.9. The highest BCUT2D eigenvalue weighted by atomic mass is 16.5. The molecule has 3 heteroatoms. The Labute approximate surface area is 139 Å². The number of esters is 1. The maximum Gasteiger partial charge on any atom is 0.310 e. The number of aldehydes is 1. The molecule has 4 atom stereocenters. The average molecular weight is 316 g/mol. The molecule has 0 aromatic carbocycles. The predicted octanol–water partition coefficient (Wildman–Crippen LogP) is 4.23. The largest absolute Gasteiger partial charge is 0.457 e. The van der Waals surface area contributed by atoms with Crippen LogP contribution >= 0.6 is 0 Å². The van der Waals surface area contributed by atoms with E-state index in [9.17, 15) is 9.59 Å². The maximum absolute atomic E-state index is 11.9. The second-order valence-corrected chi connectivity index (χ2v) is 8.57. The zero-order valence-corrected chi connectivity index (χ0v) is 14.6. The molecule has 0 unspecified atom stereocenters. The van der Waals surface area contributed by atoms with Crippen molar-refractivity contribution in [3.8, 4) is 0 Å². The van der Waals surface area contributed by atoms with Gasteiger partial charge in [0.15, 0.2) is 0 Å². The van der Waals surface area contributed by atoms with Gasteiger partial charge in [-0.2, -0.15) is 0 Å². The smallest absolute Gasteiger partial charge is 0.310 e. The summed E-state index contributed by atoms with van der Waals surface area (Å²) in [5.41, 5.74) is 2.13. The number of carbonyl (C=O) groups is 2. The molecule has 2 aliphatic carbocycles. The van der Waals surface area contributed by atoms with Gasteiger partial charge < -0.3 is 4.74 Å². The molecule has 3 nitrogen and oxygen atoms in total. The van der Waals surface area contributed by atoms with Crippen LogP contribution in [0.4, 0.5) is 0 Å². The molecule has 1 heterocycles. The highest BCUT2D eigenvalue weighted by Gasteiger charge is 2.55. The molecular formula is C20H28O3. The van der Waals surface area contributed by atoms with E-state index >= 15 is 0 Å². The van der Waals surface area contributed by atoms with Crippen molar-refractivity contribution in [1.82, 2.24) is 0 Å². The Hall–Kier alpha value is -1.38. The van der Waals surface area contributed by atoms with Crippen molar-refractivity contribution in [2.45, 2.75) is 65.4 Å². The summed E-state index contributed by atoms with van der Waals surface area (Å²) < 4.78 is 5.68. The second-order valence-electron chi connectivity index (χ2n) is 8.57. The van der Waals surface area contributed by atoms with Crippen molar-refractivity contribution >= 4 is 12.3 Å². The van der Waals surface area contributed by atoms with Crippen LogP contribution in [-0.4, -0.2) is 18.4 Å². The fourth-order valence-electron chi connectivity index (χ4n) is 5.73. The summed E-state index contributed by atoms with van der Waals surface area (Å²) in [6.45, 7) is 11.4. The van der Waals surface area contributed by atoms with Gasteiger partial charge >= 0.3 is 5.97 Å². The first-order valence-electron chi connectivity index (χ1n) is 8.81. The van der Waals surface area contributed by atoms with E-state index in [0.29, 0.717) is 16.9 Å². The number of rotatable bonds is 2. The minimum absolute atomic E-state index is 0.0872. The lowest BCUT2D eigenvalue weighted by molar-refractivity contribution is -0.156. The van der Waals surface area contributed by atoms with Crippen LogP contribution in [0.25, 0.3) is 0 Å². The molecule has 0 bridgehead atoms. The van der Waals surface area contributed by atoms with E-state index in [1.54, 1.807) is 0 Å². The number of fused-ring (bicyclic) bond motifs is 1. The first-order valence-corrected chi connectivity index (χ1v) is 8.81. The van der Waals surface area contributed by atoms with Gasteiger partial charge in [-0.3, -0.25) is 9.59 Å². The Balaban J connectivity index is 2.00. The number of cyclic esters (lactones) is 1. The number of hydrogen-bond acceptors (Lipinski definition) is 3. The van der Waals surface area contributed by atoms with E-state index in [1.165, 1.54) is 24.8 Å². The summed E-state index contributed by atoms with van der Waals surface area (Å²) in [7, 11) is 0. The zero-order chi connectivity index (χ0) is 16.8. The lowest BCUT2D eigenvalue weighted by Gasteiger charge is -2.59. The van der Waals surface area contributed by atoms with Crippen LogP contribution in [0, 0.1) is 22.7 Å². The topological polar surface area (TPSA) is 43.4 Å². The van der Waals surface area contributed by atoms with Gasteiger partial charge in [-0.1, -0.05) is 39.3 Å². The fourth-order valence-corrected chi connectivity index (χ4v) is 5.73. The Kier molecular flexibility index (Phi) is 4.02. The summed E-state index contributed by atoms with van der Waals surface area (Å²) in [5, 5.41) is 0. The summed E-state index contributed by atoms with van der Waals surface area (Å²) in [4.78, 5) is 23.1. The van der Waals surface area contributed by atoms with Gasteiger partial charge in [0.1, 0.15) is 12.4 Å². The van der Waals surface area contributed by atoms with E-state index in [2.05, 4.69) is 27.4 Å². The first-order chi connectivity index (χ1) is 10.8. The molecule has 0 aromatic rings. The molecule has 2 saturated carbocycles. The monoisotopic (exact) mass is 316 g/mol. The Bertz CT molecular complexity index is 571. The van der Waals surface area contributed by atoms with Gasteiger partial charge in [0.05, 0.1) is 6.42 Å². The van der Waals surface area contributed by atoms with E-state index in [0.717, 1.165) is 19.1 Å². The van der Waals surface area contributed by atoms with E-state index in [-0.39, 0.29) is 29.8 Å². The van der Waals surface area contributed by atoms with Gasteiger partial charge in [0.2, 0.25) is 0 Å². The fraction of sp³-hybridized carbons (Fsp3) is 0.700. The lowest BCUT2D eigenvalue weighted by atomic mass is 9.47. The third kappa shape index (κ3) is 2.68. The molecule has 126 valence electrons. The Morgan fingerprint density at radius 1 is 1.30 bits per heavy atom. The molecule has 23 heavy (non-hydrogen) atoms. The third-order valence-electron chi connectivity index (χ3n) is 6.65. The van der Waals surface area contributed by atoms with Gasteiger partial charge in [-0.05, 0) is 48.5 Å². The van der Waals surface area contributed by atoms with Gasteiger partial charge in [0.25, 0.3) is 0 Å². The zero-order valence-electron chi connectivity index (χ0n) is 14.6. The summed E-state index contributed by atoms with van der Waals surface area (Å²) in [6.07, 6.45) is 8.21. The number of hydrogen-bond donors (Lipinski definition) is 0. The van der Waals surface area contributed by atoms with Crippen LogP contribution in [0.2, 0.25) is 0 Å². The van der Waals surface area contributed by atoms with Crippen molar-refractivity contribution in [3.05, 3.63) is 23.8 Å². The SMILES string of the molecule is C=C1CC[C@H]2C(C)(C)CCC[C@]2(C)[C@H]1[C@@H]1C=C(C=O)CC(=O)O1. The molecule has 0 N–H and O–H groups in total. The van der Waals surface area contributed by atoms with Crippen LogP contribution < -0.4 is 0 Å². The van der Waals surface area contributed by atoms with E-state index in [4.69, 9.17) is 4.74 Å².